The molecule has 0 aromatic rings. The number of terminal acetylenes is 1. The Morgan fingerprint density at radius 2 is 2.19 bits per heavy atom. The third-order valence-electron chi connectivity index (χ3n) is 6.20. The molecular weight excluding hydrogens is 336 g/mol. The molecule has 4 heteroatoms. The Labute approximate surface area is 164 Å². The lowest BCUT2D eigenvalue weighted by molar-refractivity contribution is -0.00683. The lowest BCUT2D eigenvalue weighted by Gasteiger charge is -2.45. The van der Waals surface area contributed by atoms with Crippen LogP contribution in [0, 0.1) is 24.2 Å². The largest absolute Gasteiger partial charge is 0.381 e. The van der Waals surface area contributed by atoms with Crippen molar-refractivity contribution in [1.82, 2.24) is 10.6 Å². The van der Waals surface area contributed by atoms with Gasteiger partial charge < -0.3 is 20.1 Å². The van der Waals surface area contributed by atoms with Crippen molar-refractivity contribution >= 4 is 0 Å². The Kier molecular flexibility index (Phi) is 7.32. The van der Waals surface area contributed by atoms with E-state index in [1.54, 1.807) is 7.11 Å². The Morgan fingerprint density at radius 3 is 2.89 bits per heavy atom. The van der Waals surface area contributed by atoms with E-state index in [4.69, 9.17) is 15.9 Å². The molecule has 1 aliphatic heterocycles. The Morgan fingerprint density at radius 1 is 1.33 bits per heavy atom. The molecule has 1 heterocycles. The number of nitrogens with one attached hydrogen (secondary N) is 2. The molecule has 0 amide bonds. The van der Waals surface area contributed by atoms with Gasteiger partial charge in [0.15, 0.2) is 0 Å². The molecule has 6 atom stereocenters. The second-order valence-electron chi connectivity index (χ2n) is 7.82. The van der Waals surface area contributed by atoms with Gasteiger partial charge in [-0.3, -0.25) is 0 Å². The predicted octanol–water partition coefficient (Wildman–Crippen LogP) is 2.83. The second-order valence-corrected chi connectivity index (χ2v) is 7.82. The minimum Gasteiger partial charge on any atom is -0.381 e. The number of hydrogen-bond acceptors (Lipinski definition) is 4. The first-order valence-corrected chi connectivity index (χ1v) is 10.3. The monoisotopic (exact) mass is 370 g/mol. The molecule has 27 heavy (non-hydrogen) atoms. The van der Waals surface area contributed by atoms with Crippen molar-refractivity contribution < 1.29 is 9.47 Å². The highest BCUT2D eigenvalue weighted by molar-refractivity contribution is 5.42. The van der Waals surface area contributed by atoms with Crippen LogP contribution in [0.2, 0.25) is 0 Å². The van der Waals surface area contributed by atoms with Gasteiger partial charge in [-0.2, -0.15) is 0 Å². The summed E-state index contributed by atoms with van der Waals surface area (Å²) in [5.74, 6) is 3.89. The quantitative estimate of drug-likeness (QED) is 0.484. The Hall–Kier alpha value is -1.38. The predicted molar refractivity (Wildman–Crippen MR) is 110 cm³/mol. The maximum absolute atomic E-state index is 6.46. The van der Waals surface area contributed by atoms with E-state index in [-0.39, 0.29) is 12.2 Å². The number of allylic oxidation sites excluding steroid dienone is 1. The molecule has 3 aliphatic rings. The fraction of sp³-hybridized carbons (Fsp3) is 0.652. The van der Waals surface area contributed by atoms with Gasteiger partial charge in [0, 0.05) is 31.7 Å². The molecule has 148 valence electrons. The summed E-state index contributed by atoms with van der Waals surface area (Å²) in [4.78, 5) is 0. The van der Waals surface area contributed by atoms with E-state index in [9.17, 15) is 0 Å². The fourth-order valence-corrected chi connectivity index (χ4v) is 5.13. The normalized spacial score (nSPS) is 35.3. The van der Waals surface area contributed by atoms with E-state index in [0.29, 0.717) is 30.5 Å². The highest BCUT2D eigenvalue weighted by Gasteiger charge is 2.53. The zero-order valence-electron chi connectivity index (χ0n) is 16.7. The van der Waals surface area contributed by atoms with Gasteiger partial charge in [0.25, 0.3) is 0 Å². The fourth-order valence-electron chi connectivity index (χ4n) is 5.13. The van der Waals surface area contributed by atoms with Crippen molar-refractivity contribution in [3.63, 3.8) is 0 Å². The zero-order chi connectivity index (χ0) is 19.2. The number of hydrogen-bond donors (Lipinski definition) is 2. The summed E-state index contributed by atoms with van der Waals surface area (Å²) in [6.45, 7) is 8.56. The Bertz CT molecular complexity index is 618. The van der Waals surface area contributed by atoms with Crippen molar-refractivity contribution in [2.75, 3.05) is 26.8 Å². The molecule has 0 radical (unpaired) electrons. The molecule has 0 bridgehead atoms. The molecule has 6 unspecified atom stereocenters. The van der Waals surface area contributed by atoms with Gasteiger partial charge in [-0.05, 0) is 49.3 Å². The molecule has 2 aliphatic carbocycles. The van der Waals surface area contributed by atoms with E-state index in [1.807, 2.05) is 6.08 Å². The first-order valence-electron chi connectivity index (χ1n) is 10.3. The van der Waals surface area contributed by atoms with Crippen LogP contribution in [-0.4, -0.2) is 51.1 Å². The van der Waals surface area contributed by atoms with E-state index < -0.39 is 0 Å². The summed E-state index contributed by atoms with van der Waals surface area (Å²) >= 11 is 0. The number of ether oxygens (including phenoxy) is 2. The smallest absolute Gasteiger partial charge is 0.140 e. The van der Waals surface area contributed by atoms with Crippen LogP contribution in [0.4, 0.5) is 0 Å². The van der Waals surface area contributed by atoms with Gasteiger partial charge in [-0.15, -0.1) is 13.0 Å². The summed E-state index contributed by atoms with van der Waals surface area (Å²) in [7, 11) is 1.72. The highest BCUT2D eigenvalue weighted by atomic mass is 16.5. The molecule has 2 fully saturated rings. The van der Waals surface area contributed by atoms with Crippen LogP contribution in [0.5, 0.6) is 0 Å². The number of methoxy groups -OCH3 is 1. The molecule has 2 N–H and O–H groups in total. The minimum atomic E-state index is -0.200. The van der Waals surface area contributed by atoms with E-state index in [1.165, 1.54) is 17.6 Å². The summed E-state index contributed by atoms with van der Waals surface area (Å²) < 4.78 is 11.7. The molecule has 0 spiro atoms. The van der Waals surface area contributed by atoms with Crippen LogP contribution in [0.25, 0.3) is 0 Å². The molecule has 3 rings (SSSR count). The summed E-state index contributed by atoms with van der Waals surface area (Å²) in [5.41, 5.74) is 2.68. The number of rotatable bonds is 9. The van der Waals surface area contributed by atoms with Crippen molar-refractivity contribution in [2.45, 2.75) is 56.9 Å². The second kappa shape index (κ2) is 9.71. The molecule has 1 saturated heterocycles. The van der Waals surface area contributed by atoms with E-state index in [2.05, 4.69) is 42.2 Å². The highest BCUT2D eigenvalue weighted by Crippen LogP contribution is 2.51. The first-order chi connectivity index (χ1) is 13.2. The minimum absolute atomic E-state index is 0.172. The molecule has 0 aromatic heterocycles. The molecule has 1 saturated carbocycles. The average molecular weight is 371 g/mol. The van der Waals surface area contributed by atoms with Gasteiger partial charge in [0.05, 0.1) is 12.7 Å². The third-order valence-corrected chi connectivity index (χ3v) is 6.20. The third kappa shape index (κ3) is 4.22. The van der Waals surface area contributed by atoms with Gasteiger partial charge in [-0.25, -0.2) is 0 Å². The summed E-state index contributed by atoms with van der Waals surface area (Å²) in [6.07, 6.45) is 16.6. The molecule has 4 nitrogen and oxygen atoms in total. The zero-order valence-corrected chi connectivity index (χ0v) is 16.7. The van der Waals surface area contributed by atoms with Gasteiger partial charge in [-0.1, -0.05) is 31.1 Å². The van der Waals surface area contributed by atoms with E-state index in [0.717, 1.165) is 32.4 Å². The maximum Gasteiger partial charge on any atom is 0.140 e. The van der Waals surface area contributed by atoms with Crippen molar-refractivity contribution in [1.29, 1.82) is 0 Å². The van der Waals surface area contributed by atoms with Gasteiger partial charge in [0.1, 0.15) is 6.10 Å². The van der Waals surface area contributed by atoms with Crippen LogP contribution < -0.4 is 10.6 Å². The lowest BCUT2D eigenvalue weighted by Crippen LogP contribution is -2.54. The Balaban J connectivity index is 1.94. The van der Waals surface area contributed by atoms with Crippen molar-refractivity contribution in [3.8, 4) is 12.3 Å². The standard InChI is InChI=1S/C23H34N2O2/c1-5-12-24-18-11-10-17-19(25-13-6-2)15-16(9-8-14-26-4)21-20(7-3)27-23(18)22(17)21/h3,6,8-9,17-20,22-25H,2,5,10-15H2,1,4H3/b9-8-. The van der Waals surface area contributed by atoms with Crippen molar-refractivity contribution in [3.05, 3.63) is 36.0 Å². The SMILES string of the molecule is C#CC1OC2C(NCCC)CCC3C(NCC=C)CC(/C=C\COC)=C1C32. The van der Waals surface area contributed by atoms with Gasteiger partial charge in [0.2, 0.25) is 0 Å². The van der Waals surface area contributed by atoms with Crippen LogP contribution in [0.3, 0.4) is 0 Å². The van der Waals surface area contributed by atoms with Crippen molar-refractivity contribution in [2.24, 2.45) is 11.8 Å². The van der Waals surface area contributed by atoms with Crippen LogP contribution in [0.1, 0.15) is 32.6 Å². The van der Waals surface area contributed by atoms with E-state index >= 15 is 0 Å². The van der Waals surface area contributed by atoms with Crippen LogP contribution in [0.15, 0.2) is 36.0 Å². The molecular formula is C23H34N2O2. The van der Waals surface area contributed by atoms with Crippen LogP contribution in [-0.2, 0) is 9.47 Å². The molecule has 0 aromatic carbocycles. The summed E-state index contributed by atoms with van der Waals surface area (Å²) in [6, 6.07) is 0.829. The van der Waals surface area contributed by atoms with Crippen LogP contribution >= 0.6 is 0 Å². The average Bonchev–Trinajstić information content (AvgIpc) is 3.08. The maximum atomic E-state index is 6.46. The topological polar surface area (TPSA) is 42.5 Å². The van der Waals surface area contributed by atoms with Gasteiger partial charge >= 0.3 is 0 Å². The lowest BCUT2D eigenvalue weighted by atomic mass is 9.63. The summed E-state index contributed by atoms with van der Waals surface area (Å²) in [5, 5.41) is 7.42. The first kappa shape index (κ1) is 20.4.